The Morgan fingerprint density at radius 3 is 2.66 bits per heavy atom. The van der Waals surface area contributed by atoms with Gasteiger partial charge in [-0.2, -0.15) is 18.3 Å². The van der Waals surface area contributed by atoms with Crippen molar-refractivity contribution >= 4 is 28.4 Å². The lowest BCUT2D eigenvalue weighted by Crippen LogP contribution is -2.35. The molecule has 0 unspecified atom stereocenters. The summed E-state index contributed by atoms with van der Waals surface area (Å²) in [6.45, 7) is 3.47. The first-order valence-electron chi connectivity index (χ1n) is 10.5. The molecule has 0 aliphatic carbocycles. The summed E-state index contributed by atoms with van der Waals surface area (Å²) < 4.78 is 41.4. The van der Waals surface area contributed by atoms with Crippen molar-refractivity contribution < 1.29 is 18.0 Å². The SMILES string of the molecule is CC1CCN(c2nc(C(F)(F)F)ccc2CNC(=O)Nc2ccc3cnn(C)c3c2)CC1. The van der Waals surface area contributed by atoms with Crippen molar-refractivity contribution in [2.75, 3.05) is 23.3 Å². The number of pyridine rings is 1. The Morgan fingerprint density at radius 1 is 1.19 bits per heavy atom. The normalized spacial score (nSPS) is 15.2. The lowest BCUT2D eigenvalue weighted by Gasteiger charge is -2.33. The molecule has 0 spiro atoms. The molecule has 7 nitrogen and oxygen atoms in total. The molecule has 1 aliphatic heterocycles. The lowest BCUT2D eigenvalue weighted by atomic mass is 9.99. The van der Waals surface area contributed by atoms with Gasteiger partial charge in [0.1, 0.15) is 11.5 Å². The molecule has 0 saturated carbocycles. The molecule has 2 aromatic heterocycles. The zero-order chi connectivity index (χ0) is 22.9. The van der Waals surface area contributed by atoms with E-state index in [-0.39, 0.29) is 12.4 Å². The first-order valence-corrected chi connectivity index (χ1v) is 10.5. The first-order chi connectivity index (χ1) is 15.2. The van der Waals surface area contributed by atoms with E-state index in [4.69, 9.17) is 0 Å². The number of halogens is 3. The minimum absolute atomic E-state index is 0.0618. The fraction of sp³-hybridized carbons (Fsp3) is 0.409. The molecule has 32 heavy (non-hydrogen) atoms. The van der Waals surface area contributed by atoms with Gasteiger partial charge in [0.05, 0.1) is 11.7 Å². The quantitative estimate of drug-likeness (QED) is 0.617. The second kappa shape index (κ2) is 8.68. The minimum Gasteiger partial charge on any atom is -0.356 e. The number of nitrogens with one attached hydrogen (secondary N) is 2. The van der Waals surface area contributed by atoms with Gasteiger partial charge < -0.3 is 15.5 Å². The molecular weight excluding hydrogens is 421 g/mol. The maximum Gasteiger partial charge on any atom is 0.433 e. The number of carbonyl (C=O) groups is 1. The average Bonchev–Trinajstić information content (AvgIpc) is 3.12. The molecule has 1 saturated heterocycles. The van der Waals surface area contributed by atoms with Crippen LogP contribution in [-0.4, -0.2) is 33.9 Å². The van der Waals surface area contributed by atoms with Crippen LogP contribution in [0, 0.1) is 5.92 Å². The van der Waals surface area contributed by atoms with Crippen LogP contribution >= 0.6 is 0 Å². The number of nitrogens with zero attached hydrogens (tertiary/aromatic N) is 4. The number of anilines is 2. The Bertz CT molecular complexity index is 1120. The number of hydrogen-bond acceptors (Lipinski definition) is 4. The molecule has 0 atom stereocenters. The van der Waals surface area contributed by atoms with Crippen molar-refractivity contribution in [2.45, 2.75) is 32.5 Å². The van der Waals surface area contributed by atoms with Crippen molar-refractivity contribution in [1.29, 1.82) is 0 Å². The first kappa shape index (κ1) is 21.9. The molecule has 1 fully saturated rings. The van der Waals surface area contributed by atoms with Gasteiger partial charge in [-0.1, -0.05) is 13.0 Å². The van der Waals surface area contributed by atoms with E-state index >= 15 is 0 Å². The Kier molecular flexibility index (Phi) is 5.94. The summed E-state index contributed by atoms with van der Waals surface area (Å²) in [5.74, 6) is 0.810. The van der Waals surface area contributed by atoms with Gasteiger partial charge in [0, 0.05) is 43.3 Å². The van der Waals surface area contributed by atoms with Gasteiger partial charge in [0.25, 0.3) is 0 Å². The van der Waals surface area contributed by atoms with Crippen LogP contribution in [0.15, 0.2) is 36.5 Å². The second-order valence-electron chi connectivity index (χ2n) is 8.20. The van der Waals surface area contributed by atoms with Crippen molar-refractivity contribution in [3.63, 3.8) is 0 Å². The van der Waals surface area contributed by atoms with E-state index in [2.05, 4.69) is 27.6 Å². The number of urea groups is 1. The molecule has 3 heterocycles. The topological polar surface area (TPSA) is 75.1 Å². The van der Waals surface area contributed by atoms with Gasteiger partial charge in [-0.15, -0.1) is 0 Å². The maximum absolute atomic E-state index is 13.2. The third-order valence-corrected chi connectivity index (χ3v) is 5.78. The van der Waals surface area contributed by atoms with E-state index in [0.717, 1.165) is 29.8 Å². The summed E-state index contributed by atoms with van der Waals surface area (Å²) in [5.41, 5.74) is 1.08. The number of fused-ring (bicyclic) bond motifs is 1. The van der Waals surface area contributed by atoms with E-state index < -0.39 is 17.9 Å². The third kappa shape index (κ3) is 4.79. The highest BCUT2D eigenvalue weighted by Crippen LogP contribution is 2.32. The largest absolute Gasteiger partial charge is 0.433 e. The Hall–Kier alpha value is -3.30. The number of alkyl halides is 3. The summed E-state index contributed by atoms with van der Waals surface area (Å²) in [4.78, 5) is 18.2. The number of aryl methyl sites for hydroxylation is 1. The number of hydrogen-bond donors (Lipinski definition) is 2. The van der Waals surface area contributed by atoms with Gasteiger partial charge in [0.2, 0.25) is 0 Å². The van der Waals surface area contributed by atoms with Crippen LogP contribution in [-0.2, 0) is 19.8 Å². The highest BCUT2D eigenvalue weighted by Gasteiger charge is 2.34. The van der Waals surface area contributed by atoms with Gasteiger partial charge >= 0.3 is 12.2 Å². The van der Waals surface area contributed by atoms with Crippen molar-refractivity contribution in [3.8, 4) is 0 Å². The second-order valence-corrected chi connectivity index (χ2v) is 8.20. The average molecular weight is 446 g/mol. The zero-order valence-electron chi connectivity index (χ0n) is 17.9. The summed E-state index contributed by atoms with van der Waals surface area (Å²) in [6.07, 6.45) is -1.01. The maximum atomic E-state index is 13.2. The van der Waals surface area contributed by atoms with Gasteiger partial charge in [-0.3, -0.25) is 4.68 Å². The number of benzene rings is 1. The molecule has 0 radical (unpaired) electrons. The number of carbonyl (C=O) groups excluding carboxylic acids is 1. The number of rotatable bonds is 4. The van der Waals surface area contributed by atoms with E-state index in [1.54, 1.807) is 16.9 Å². The van der Waals surface area contributed by atoms with Crippen molar-refractivity contribution in [1.82, 2.24) is 20.1 Å². The van der Waals surface area contributed by atoms with E-state index in [9.17, 15) is 18.0 Å². The van der Waals surface area contributed by atoms with Gasteiger partial charge in [0.15, 0.2) is 0 Å². The number of aromatic nitrogens is 3. The van der Waals surface area contributed by atoms with Crippen LogP contribution in [0.25, 0.3) is 10.9 Å². The monoisotopic (exact) mass is 446 g/mol. The molecule has 0 bridgehead atoms. The zero-order valence-corrected chi connectivity index (χ0v) is 17.9. The predicted octanol–water partition coefficient (Wildman–Crippen LogP) is 4.55. The smallest absolute Gasteiger partial charge is 0.356 e. The van der Waals surface area contributed by atoms with Crippen LogP contribution in [0.1, 0.15) is 31.0 Å². The number of amides is 2. The predicted molar refractivity (Wildman–Crippen MR) is 116 cm³/mol. The van der Waals surface area contributed by atoms with Gasteiger partial charge in [-0.25, -0.2) is 9.78 Å². The molecule has 3 aromatic rings. The van der Waals surface area contributed by atoms with Crippen LogP contribution in [0.5, 0.6) is 0 Å². The third-order valence-electron chi connectivity index (χ3n) is 5.78. The van der Waals surface area contributed by atoms with Crippen LogP contribution < -0.4 is 15.5 Å². The molecular formula is C22H25F3N6O. The number of piperidine rings is 1. The van der Waals surface area contributed by atoms with Crippen LogP contribution in [0.4, 0.5) is 29.5 Å². The van der Waals surface area contributed by atoms with Crippen LogP contribution in [0.2, 0.25) is 0 Å². The summed E-state index contributed by atoms with van der Waals surface area (Å²) in [7, 11) is 1.81. The molecule has 1 aliphatic rings. The highest BCUT2D eigenvalue weighted by molar-refractivity contribution is 5.92. The van der Waals surface area contributed by atoms with Crippen molar-refractivity contribution in [2.24, 2.45) is 13.0 Å². The molecule has 1 aromatic carbocycles. The fourth-order valence-electron chi connectivity index (χ4n) is 3.84. The molecule has 170 valence electrons. The van der Waals surface area contributed by atoms with Gasteiger partial charge in [-0.05, 0) is 43.0 Å². The highest BCUT2D eigenvalue weighted by atomic mass is 19.4. The summed E-state index contributed by atoms with van der Waals surface area (Å²) in [5, 5.41) is 10.6. The minimum atomic E-state index is -4.52. The van der Waals surface area contributed by atoms with E-state index in [0.29, 0.717) is 30.3 Å². The Morgan fingerprint density at radius 2 is 1.94 bits per heavy atom. The van der Waals surface area contributed by atoms with Crippen molar-refractivity contribution in [3.05, 3.63) is 47.8 Å². The lowest BCUT2D eigenvalue weighted by molar-refractivity contribution is -0.141. The molecule has 2 N–H and O–H groups in total. The Balaban J connectivity index is 1.48. The van der Waals surface area contributed by atoms with E-state index in [1.807, 2.05) is 24.1 Å². The molecule has 4 rings (SSSR count). The van der Waals surface area contributed by atoms with E-state index in [1.165, 1.54) is 6.07 Å². The molecule has 10 heteroatoms. The summed E-state index contributed by atoms with van der Waals surface area (Å²) >= 11 is 0. The summed E-state index contributed by atoms with van der Waals surface area (Å²) in [6, 6.07) is 7.33. The van der Waals surface area contributed by atoms with Crippen LogP contribution in [0.3, 0.4) is 0 Å². The molecule has 2 amide bonds. The standard InChI is InChI=1S/C22H25F3N6O/c1-14-7-9-31(10-8-14)20-16(4-6-19(29-20)22(23,24)25)12-26-21(32)28-17-5-3-15-13-27-30(2)18(15)11-17/h3-6,11,13-14H,7-10,12H2,1-2H3,(H2,26,28,32). The fourth-order valence-corrected chi connectivity index (χ4v) is 3.84. The Labute approximate surface area is 183 Å².